The van der Waals surface area contributed by atoms with Gasteiger partial charge in [0, 0.05) is 6.08 Å². The van der Waals surface area contributed by atoms with Gasteiger partial charge in [-0.15, -0.1) is 0 Å². The molecule has 0 aliphatic carbocycles. The minimum absolute atomic E-state index is 0.171. The maximum atomic E-state index is 12.1. The first-order valence-corrected chi connectivity index (χ1v) is 6.34. The quantitative estimate of drug-likeness (QED) is 0.617. The molecule has 1 aromatic carbocycles. The summed E-state index contributed by atoms with van der Waals surface area (Å²) in [6.07, 6.45) is 0.0223. The van der Waals surface area contributed by atoms with Crippen molar-refractivity contribution in [2.45, 2.75) is 26.4 Å². The Bertz CT molecular complexity index is 613. The van der Waals surface area contributed by atoms with Gasteiger partial charge in [0.15, 0.2) is 0 Å². The first-order valence-electron chi connectivity index (χ1n) is 6.34. The number of hydrogen-bond acceptors (Lipinski definition) is 5. The molecule has 110 valence electrons. The van der Waals surface area contributed by atoms with Crippen LogP contribution in [0.1, 0.15) is 26.3 Å². The minimum Gasteiger partial charge on any atom is -0.427 e. The van der Waals surface area contributed by atoms with E-state index in [9.17, 15) is 14.4 Å². The monoisotopic (exact) mass is 289 g/mol. The minimum atomic E-state index is -1.10. The van der Waals surface area contributed by atoms with Gasteiger partial charge in [-0.3, -0.25) is 14.4 Å². The normalized spacial score (nSPS) is 15.0. The molecule has 0 spiro atoms. The summed E-state index contributed by atoms with van der Waals surface area (Å²) in [7, 11) is 0. The Morgan fingerprint density at radius 1 is 1.10 bits per heavy atom. The predicted molar refractivity (Wildman–Crippen MR) is 73.6 cm³/mol. The fourth-order valence-electron chi connectivity index (χ4n) is 1.71. The van der Waals surface area contributed by atoms with E-state index in [-0.39, 0.29) is 5.57 Å². The van der Waals surface area contributed by atoms with Crippen LogP contribution >= 0.6 is 0 Å². The molecule has 1 aliphatic rings. The van der Waals surface area contributed by atoms with Crippen LogP contribution in [0.2, 0.25) is 0 Å². The van der Waals surface area contributed by atoms with Gasteiger partial charge >= 0.3 is 6.16 Å². The van der Waals surface area contributed by atoms with Crippen LogP contribution in [-0.4, -0.2) is 28.6 Å². The van der Waals surface area contributed by atoms with E-state index in [0.29, 0.717) is 10.6 Å². The number of amides is 2. The summed E-state index contributed by atoms with van der Waals surface area (Å²) >= 11 is 0. The van der Waals surface area contributed by atoms with Crippen LogP contribution in [0.5, 0.6) is 0 Å². The second-order valence-electron chi connectivity index (χ2n) is 5.42. The maximum absolute atomic E-state index is 12.1. The third kappa shape index (κ3) is 3.47. The van der Waals surface area contributed by atoms with Crippen LogP contribution in [0, 0.1) is 0 Å². The van der Waals surface area contributed by atoms with Gasteiger partial charge in [-0.25, -0.2) is 4.79 Å². The Morgan fingerprint density at radius 2 is 1.71 bits per heavy atom. The highest BCUT2D eigenvalue weighted by Gasteiger charge is 2.36. The van der Waals surface area contributed by atoms with E-state index in [4.69, 9.17) is 4.74 Å². The highest BCUT2D eigenvalue weighted by molar-refractivity contribution is 6.32. The molecule has 0 fully saturated rings. The second kappa shape index (κ2) is 5.40. The molecule has 0 saturated carbocycles. The molecular weight excluding hydrogens is 274 g/mol. The number of ether oxygens (including phenoxy) is 1. The van der Waals surface area contributed by atoms with Gasteiger partial charge in [-0.05, 0) is 26.3 Å². The van der Waals surface area contributed by atoms with Crippen molar-refractivity contribution in [1.29, 1.82) is 0 Å². The fourth-order valence-corrected chi connectivity index (χ4v) is 1.71. The Balaban J connectivity index is 2.11. The van der Waals surface area contributed by atoms with E-state index in [2.05, 4.69) is 4.84 Å². The zero-order chi connectivity index (χ0) is 15.6. The van der Waals surface area contributed by atoms with Crippen LogP contribution in [0.4, 0.5) is 4.79 Å². The van der Waals surface area contributed by atoms with E-state index < -0.39 is 23.6 Å². The summed E-state index contributed by atoms with van der Waals surface area (Å²) in [6.45, 7) is 4.95. The molecule has 0 atom stereocenters. The van der Waals surface area contributed by atoms with Crippen LogP contribution in [0.15, 0.2) is 36.4 Å². The summed E-state index contributed by atoms with van der Waals surface area (Å²) in [5.74, 6) is -1.42. The average molecular weight is 289 g/mol. The van der Waals surface area contributed by atoms with Crippen molar-refractivity contribution < 1.29 is 24.0 Å². The number of rotatable bonds is 2. The lowest BCUT2D eigenvalue weighted by molar-refractivity contribution is -0.178. The molecule has 21 heavy (non-hydrogen) atoms. The molecule has 0 saturated heterocycles. The molecule has 0 N–H and O–H groups in total. The molecule has 1 aliphatic heterocycles. The molecular formula is C15H15NO5. The van der Waals surface area contributed by atoms with Crippen molar-refractivity contribution in [3.63, 3.8) is 0 Å². The topological polar surface area (TPSA) is 72.9 Å². The lowest BCUT2D eigenvalue weighted by atomic mass is 10.1. The number of carbonyl (C=O) groups is 3. The van der Waals surface area contributed by atoms with Crippen molar-refractivity contribution in [2.24, 2.45) is 0 Å². The largest absolute Gasteiger partial charge is 0.534 e. The highest BCUT2D eigenvalue weighted by atomic mass is 16.8. The van der Waals surface area contributed by atoms with Gasteiger partial charge in [0.25, 0.3) is 11.8 Å². The van der Waals surface area contributed by atoms with Crippen molar-refractivity contribution in [1.82, 2.24) is 5.06 Å². The first kappa shape index (κ1) is 14.8. The van der Waals surface area contributed by atoms with Gasteiger partial charge in [0.1, 0.15) is 5.60 Å². The maximum Gasteiger partial charge on any atom is 0.534 e. The van der Waals surface area contributed by atoms with Crippen molar-refractivity contribution in [3.8, 4) is 0 Å². The van der Waals surface area contributed by atoms with Gasteiger partial charge in [0.2, 0.25) is 0 Å². The third-order valence-electron chi connectivity index (χ3n) is 2.52. The summed E-state index contributed by atoms with van der Waals surface area (Å²) in [5.41, 5.74) is -0.0335. The predicted octanol–water partition coefficient (Wildman–Crippen LogP) is 2.31. The van der Waals surface area contributed by atoms with E-state index in [1.165, 1.54) is 0 Å². The average Bonchev–Trinajstić information content (AvgIpc) is 2.66. The first-order chi connectivity index (χ1) is 9.78. The molecule has 0 radical (unpaired) electrons. The number of carbonyl (C=O) groups excluding carboxylic acids is 3. The fraction of sp³-hybridized carbons (Fsp3) is 0.267. The summed E-state index contributed by atoms with van der Waals surface area (Å²) in [6, 6.07) is 8.65. The Hall–Kier alpha value is -2.63. The number of imide groups is 1. The van der Waals surface area contributed by atoms with Crippen LogP contribution in [0.3, 0.4) is 0 Å². The van der Waals surface area contributed by atoms with Crippen molar-refractivity contribution >= 4 is 23.5 Å². The van der Waals surface area contributed by atoms with E-state index in [0.717, 1.165) is 6.08 Å². The Kier molecular flexibility index (Phi) is 3.80. The summed E-state index contributed by atoms with van der Waals surface area (Å²) < 4.78 is 4.91. The standard InChI is InChI=1S/C15H15NO5/c1-15(2,3)20-14(19)21-16-12(17)9-11(13(16)18)10-7-5-4-6-8-10/h4-9H,1-3H3. The van der Waals surface area contributed by atoms with Gasteiger partial charge in [0.05, 0.1) is 5.57 Å². The summed E-state index contributed by atoms with van der Waals surface area (Å²) in [4.78, 5) is 40.1. The number of benzene rings is 1. The number of nitrogens with zero attached hydrogens (tertiary/aromatic N) is 1. The van der Waals surface area contributed by atoms with Crippen LogP contribution in [-0.2, 0) is 19.2 Å². The zero-order valence-corrected chi connectivity index (χ0v) is 12.0. The van der Waals surface area contributed by atoms with Gasteiger partial charge in [-0.1, -0.05) is 35.4 Å². The molecule has 2 rings (SSSR count). The highest BCUT2D eigenvalue weighted by Crippen LogP contribution is 2.24. The van der Waals surface area contributed by atoms with Crippen molar-refractivity contribution in [3.05, 3.63) is 42.0 Å². The molecule has 6 heteroatoms. The van der Waals surface area contributed by atoms with E-state index in [1.54, 1.807) is 51.1 Å². The molecule has 0 aromatic heterocycles. The van der Waals surface area contributed by atoms with Gasteiger partial charge < -0.3 is 4.74 Å². The Labute approximate surface area is 121 Å². The van der Waals surface area contributed by atoms with E-state index in [1.807, 2.05) is 0 Å². The van der Waals surface area contributed by atoms with Crippen LogP contribution < -0.4 is 0 Å². The molecule has 0 unspecified atom stereocenters. The van der Waals surface area contributed by atoms with Crippen LogP contribution in [0.25, 0.3) is 5.57 Å². The third-order valence-corrected chi connectivity index (χ3v) is 2.52. The molecule has 1 heterocycles. The van der Waals surface area contributed by atoms with Crippen molar-refractivity contribution in [2.75, 3.05) is 0 Å². The summed E-state index contributed by atoms with van der Waals surface area (Å²) in [5, 5.41) is 0.399. The number of hydrogen-bond donors (Lipinski definition) is 0. The molecule has 2 amide bonds. The molecule has 0 bridgehead atoms. The number of hydroxylamine groups is 2. The second-order valence-corrected chi connectivity index (χ2v) is 5.42. The SMILES string of the molecule is CC(C)(C)OC(=O)ON1C(=O)C=C(c2ccccc2)C1=O. The zero-order valence-electron chi connectivity index (χ0n) is 12.0. The lowest BCUT2D eigenvalue weighted by Gasteiger charge is -2.20. The molecule has 1 aromatic rings. The smallest absolute Gasteiger partial charge is 0.427 e. The molecule has 6 nitrogen and oxygen atoms in total. The Morgan fingerprint density at radius 3 is 2.29 bits per heavy atom. The lowest BCUT2D eigenvalue weighted by Crippen LogP contribution is -2.36. The van der Waals surface area contributed by atoms with Gasteiger partial charge in [-0.2, -0.15) is 0 Å². The van der Waals surface area contributed by atoms with E-state index >= 15 is 0 Å².